The number of nitrogens with zero attached hydrogens (tertiary/aromatic N) is 2. The van der Waals surface area contributed by atoms with Gasteiger partial charge >= 0.3 is 0 Å². The molecule has 1 heterocycles. The van der Waals surface area contributed by atoms with Crippen LogP contribution in [-0.2, 0) is 0 Å². The highest BCUT2D eigenvalue weighted by molar-refractivity contribution is 5.50. The van der Waals surface area contributed by atoms with E-state index >= 15 is 0 Å². The van der Waals surface area contributed by atoms with Crippen molar-refractivity contribution in [3.05, 3.63) is 6.07 Å². The Morgan fingerprint density at radius 3 is 2.19 bits per heavy atom. The number of hydrogen-bond acceptors (Lipinski definition) is 6. The van der Waals surface area contributed by atoms with Gasteiger partial charge in [0.15, 0.2) is 0 Å². The van der Waals surface area contributed by atoms with Gasteiger partial charge in [0.2, 0.25) is 5.95 Å². The van der Waals surface area contributed by atoms with Crippen molar-refractivity contribution in [3.8, 4) is 0 Å². The van der Waals surface area contributed by atoms with Crippen LogP contribution in [0.5, 0.6) is 0 Å². The summed E-state index contributed by atoms with van der Waals surface area (Å²) in [4.78, 5) is 7.77. The number of hydrogen-bond donors (Lipinski definition) is 4. The molecule has 1 rings (SSSR count). The van der Waals surface area contributed by atoms with Gasteiger partial charge in [-0.05, 0) is 27.7 Å². The molecule has 0 saturated carbocycles. The molecule has 6 heteroatoms. The SMILES string of the molecule is CC(C)(O)C(C)(C)Nc1cc(N)nc(N)n1. The summed E-state index contributed by atoms with van der Waals surface area (Å²) in [5.41, 5.74) is 9.55. The number of rotatable bonds is 3. The zero-order valence-electron chi connectivity index (χ0n) is 10.1. The second-order valence-electron chi connectivity index (χ2n) is 4.85. The summed E-state index contributed by atoms with van der Waals surface area (Å²) in [5.74, 6) is 0.896. The molecular formula is C10H19N5O. The van der Waals surface area contributed by atoms with Crippen molar-refractivity contribution in [2.24, 2.45) is 0 Å². The van der Waals surface area contributed by atoms with E-state index in [1.165, 1.54) is 0 Å². The fourth-order valence-electron chi connectivity index (χ4n) is 1.02. The molecule has 0 radical (unpaired) electrons. The minimum Gasteiger partial charge on any atom is -0.388 e. The first kappa shape index (κ1) is 12.5. The van der Waals surface area contributed by atoms with Gasteiger partial charge < -0.3 is 21.9 Å². The van der Waals surface area contributed by atoms with Crippen molar-refractivity contribution in [2.75, 3.05) is 16.8 Å². The highest BCUT2D eigenvalue weighted by Gasteiger charge is 2.35. The molecule has 0 unspecified atom stereocenters. The summed E-state index contributed by atoms with van der Waals surface area (Å²) >= 11 is 0. The van der Waals surface area contributed by atoms with E-state index in [0.29, 0.717) is 11.6 Å². The summed E-state index contributed by atoms with van der Waals surface area (Å²) in [6, 6.07) is 1.57. The van der Waals surface area contributed by atoms with Crippen LogP contribution in [-0.4, -0.2) is 26.2 Å². The van der Waals surface area contributed by atoms with E-state index in [2.05, 4.69) is 15.3 Å². The predicted octanol–water partition coefficient (Wildman–Crippen LogP) is 0.602. The lowest BCUT2D eigenvalue weighted by molar-refractivity contribution is 0.0239. The van der Waals surface area contributed by atoms with Crippen LogP contribution < -0.4 is 16.8 Å². The van der Waals surface area contributed by atoms with Gasteiger partial charge in [-0.2, -0.15) is 9.97 Å². The third kappa shape index (κ3) is 2.73. The summed E-state index contributed by atoms with van der Waals surface area (Å²) < 4.78 is 0. The Morgan fingerprint density at radius 1 is 1.19 bits per heavy atom. The first-order valence-electron chi connectivity index (χ1n) is 5.02. The lowest BCUT2D eigenvalue weighted by Gasteiger charge is -2.38. The third-order valence-corrected chi connectivity index (χ3v) is 2.73. The van der Waals surface area contributed by atoms with E-state index in [0.717, 1.165) is 0 Å². The molecule has 0 fully saturated rings. The van der Waals surface area contributed by atoms with Gasteiger partial charge in [0, 0.05) is 6.07 Å². The molecule has 6 N–H and O–H groups in total. The second kappa shape index (κ2) is 3.79. The van der Waals surface area contributed by atoms with Crippen LogP contribution in [0.25, 0.3) is 0 Å². The Labute approximate surface area is 95.1 Å². The van der Waals surface area contributed by atoms with Crippen molar-refractivity contribution in [1.82, 2.24) is 9.97 Å². The molecule has 0 spiro atoms. The highest BCUT2D eigenvalue weighted by Crippen LogP contribution is 2.25. The fourth-order valence-corrected chi connectivity index (χ4v) is 1.02. The monoisotopic (exact) mass is 225 g/mol. The maximum Gasteiger partial charge on any atom is 0.223 e. The van der Waals surface area contributed by atoms with E-state index in [4.69, 9.17) is 11.5 Å². The first-order valence-corrected chi connectivity index (χ1v) is 5.02. The topological polar surface area (TPSA) is 110 Å². The normalized spacial score (nSPS) is 12.6. The highest BCUT2D eigenvalue weighted by atomic mass is 16.3. The van der Waals surface area contributed by atoms with E-state index in [1.54, 1.807) is 19.9 Å². The summed E-state index contributed by atoms with van der Waals surface area (Å²) in [6.45, 7) is 7.16. The number of anilines is 3. The van der Waals surface area contributed by atoms with Crippen LogP contribution >= 0.6 is 0 Å². The first-order chi connectivity index (χ1) is 7.12. The maximum absolute atomic E-state index is 9.98. The number of nitrogens with two attached hydrogens (primary N) is 2. The van der Waals surface area contributed by atoms with Crippen molar-refractivity contribution in [3.63, 3.8) is 0 Å². The number of nitrogen functional groups attached to an aromatic ring is 2. The molecule has 90 valence electrons. The Bertz CT molecular complexity index is 363. The molecule has 6 nitrogen and oxygen atoms in total. The van der Waals surface area contributed by atoms with Crippen LogP contribution in [0.15, 0.2) is 6.07 Å². The van der Waals surface area contributed by atoms with Crippen LogP contribution in [0.4, 0.5) is 17.6 Å². The Balaban J connectivity index is 2.96. The second-order valence-corrected chi connectivity index (χ2v) is 4.85. The largest absolute Gasteiger partial charge is 0.388 e. The van der Waals surface area contributed by atoms with Gasteiger partial charge in [-0.25, -0.2) is 0 Å². The van der Waals surface area contributed by atoms with E-state index in [9.17, 15) is 5.11 Å². The lowest BCUT2D eigenvalue weighted by atomic mass is 9.86. The minimum absolute atomic E-state index is 0.106. The number of aromatic nitrogens is 2. The molecule has 0 amide bonds. The Hall–Kier alpha value is -1.56. The van der Waals surface area contributed by atoms with Crippen LogP contribution in [0.2, 0.25) is 0 Å². The molecule has 1 aromatic rings. The molecule has 1 aromatic heterocycles. The smallest absolute Gasteiger partial charge is 0.223 e. The molecule has 0 atom stereocenters. The quantitative estimate of drug-likeness (QED) is 0.599. The van der Waals surface area contributed by atoms with Crippen molar-refractivity contribution >= 4 is 17.6 Å². The summed E-state index contributed by atoms with van der Waals surface area (Å²) in [7, 11) is 0. The molecular weight excluding hydrogens is 206 g/mol. The van der Waals surface area contributed by atoms with Crippen molar-refractivity contribution in [2.45, 2.75) is 38.8 Å². The number of aliphatic hydroxyl groups is 1. The number of nitrogens with one attached hydrogen (secondary N) is 1. The minimum atomic E-state index is -0.915. The van der Waals surface area contributed by atoms with E-state index in [1.807, 2.05) is 13.8 Å². The van der Waals surface area contributed by atoms with Gasteiger partial charge in [-0.1, -0.05) is 0 Å². The van der Waals surface area contributed by atoms with Gasteiger partial charge in [0.05, 0.1) is 11.1 Å². The predicted molar refractivity (Wildman–Crippen MR) is 64.9 cm³/mol. The zero-order valence-corrected chi connectivity index (χ0v) is 10.1. The molecule has 0 bridgehead atoms. The molecule has 0 aliphatic rings. The summed E-state index contributed by atoms with van der Waals surface area (Å²) in [6.07, 6.45) is 0. The van der Waals surface area contributed by atoms with Crippen LogP contribution in [0, 0.1) is 0 Å². The fraction of sp³-hybridized carbons (Fsp3) is 0.600. The van der Waals surface area contributed by atoms with Gasteiger partial charge in [0.25, 0.3) is 0 Å². The Kier molecular flexibility index (Phi) is 2.96. The zero-order chi connectivity index (χ0) is 12.6. The van der Waals surface area contributed by atoms with E-state index in [-0.39, 0.29) is 5.95 Å². The van der Waals surface area contributed by atoms with Crippen LogP contribution in [0.1, 0.15) is 27.7 Å². The van der Waals surface area contributed by atoms with Crippen molar-refractivity contribution < 1.29 is 5.11 Å². The standard InChI is InChI=1S/C10H19N5O/c1-9(2,10(3,4)16)15-7-5-6(11)13-8(12)14-7/h5,16H,1-4H3,(H5,11,12,13,14,15). The maximum atomic E-state index is 9.98. The molecule has 0 aliphatic carbocycles. The van der Waals surface area contributed by atoms with Crippen molar-refractivity contribution in [1.29, 1.82) is 0 Å². The molecule has 0 saturated heterocycles. The molecule has 0 aliphatic heterocycles. The molecule has 16 heavy (non-hydrogen) atoms. The van der Waals surface area contributed by atoms with Gasteiger partial charge in [-0.3, -0.25) is 0 Å². The lowest BCUT2D eigenvalue weighted by Crippen LogP contribution is -2.51. The van der Waals surface area contributed by atoms with Gasteiger partial charge in [0.1, 0.15) is 11.6 Å². The summed E-state index contributed by atoms with van der Waals surface area (Å²) in [5, 5.41) is 13.1. The third-order valence-electron chi connectivity index (χ3n) is 2.73. The average Bonchev–Trinajstić information content (AvgIpc) is 1.97. The van der Waals surface area contributed by atoms with E-state index < -0.39 is 11.1 Å². The Morgan fingerprint density at radius 2 is 1.75 bits per heavy atom. The van der Waals surface area contributed by atoms with Crippen LogP contribution in [0.3, 0.4) is 0 Å². The van der Waals surface area contributed by atoms with Gasteiger partial charge in [-0.15, -0.1) is 0 Å². The molecule has 0 aromatic carbocycles. The average molecular weight is 225 g/mol.